The van der Waals surface area contributed by atoms with Crippen molar-refractivity contribution in [3.05, 3.63) is 41.0 Å². The van der Waals surface area contributed by atoms with Gasteiger partial charge in [-0.3, -0.25) is 10.1 Å². The number of carbonyl (C=O) groups is 2. The van der Waals surface area contributed by atoms with Gasteiger partial charge in [-0.05, 0) is 39.8 Å². The second kappa shape index (κ2) is 6.91. The number of nitrogens with two attached hydrogens (primary N) is 1. The smallest absolute Gasteiger partial charge is 0.324 e. The summed E-state index contributed by atoms with van der Waals surface area (Å²) < 4.78 is 12.1. The highest BCUT2D eigenvalue weighted by molar-refractivity contribution is 7.17. The number of rotatable bonds is 4. The van der Waals surface area contributed by atoms with Crippen molar-refractivity contribution in [3.63, 3.8) is 0 Å². The highest BCUT2D eigenvalue weighted by atomic mass is 32.1. The summed E-state index contributed by atoms with van der Waals surface area (Å²) in [5.74, 6) is -0.636. The predicted octanol–water partition coefficient (Wildman–Crippen LogP) is 3.49. The van der Waals surface area contributed by atoms with Gasteiger partial charge in [0.15, 0.2) is 11.3 Å². The van der Waals surface area contributed by atoms with E-state index in [0.717, 1.165) is 16.9 Å². The van der Waals surface area contributed by atoms with E-state index in [2.05, 4.69) is 15.6 Å². The van der Waals surface area contributed by atoms with Crippen molar-refractivity contribution < 1.29 is 19.1 Å². The van der Waals surface area contributed by atoms with Crippen LogP contribution >= 0.6 is 11.3 Å². The minimum atomic E-state index is -0.636. The highest BCUT2D eigenvalue weighted by Gasteiger charge is 2.49. The lowest BCUT2D eigenvalue weighted by molar-refractivity contribution is -0.0895. The number of nitrogens with one attached hydrogen (secondary N) is 2. The molecule has 1 fully saturated rings. The van der Waals surface area contributed by atoms with Gasteiger partial charge in [0, 0.05) is 11.3 Å². The van der Waals surface area contributed by atoms with E-state index in [1.807, 2.05) is 39.8 Å². The van der Waals surface area contributed by atoms with Gasteiger partial charge in [0.25, 0.3) is 5.91 Å². The van der Waals surface area contributed by atoms with Gasteiger partial charge in [0.1, 0.15) is 5.00 Å². The van der Waals surface area contributed by atoms with Crippen molar-refractivity contribution in [1.82, 2.24) is 4.98 Å². The molecule has 2 aromatic rings. The van der Waals surface area contributed by atoms with Crippen LogP contribution in [0, 0.1) is 0 Å². The minimum Gasteiger partial charge on any atom is -0.364 e. The van der Waals surface area contributed by atoms with Gasteiger partial charge < -0.3 is 20.5 Å². The fraction of sp³-hybridized carbons (Fsp3) is 0.389. The second-order valence-electron chi connectivity index (χ2n) is 7.19. The Balaban J connectivity index is 1.67. The predicted molar refractivity (Wildman–Crippen MR) is 103 cm³/mol. The average Bonchev–Trinajstić information content (AvgIpc) is 3.10. The number of anilines is 2. The molecule has 3 rings (SSSR count). The van der Waals surface area contributed by atoms with E-state index in [4.69, 9.17) is 15.2 Å². The largest absolute Gasteiger partial charge is 0.364 e. The van der Waals surface area contributed by atoms with Crippen LogP contribution in [0.15, 0.2) is 30.5 Å². The molecule has 8 nitrogen and oxygen atoms in total. The number of aromatic nitrogens is 1. The number of benzene rings is 1. The van der Waals surface area contributed by atoms with Crippen molar-refractivity contribution in [1.29, 1.82) is 0 Å². The first kappa shape index (κ1) is 19.3. The molecule has 0 atom stereocenters. The van der Waals surface area contributed by atoms with Crippen LogP contribution in [-0.2, 0) is 9.47 Å². The number of thiazole rings is 1. The van der Waals surface area contributed by atoms with Crippen molar-refractivity contribution in [2.24, 2.45) is 5.73 Å². The van der Waals surface area contributed by atoms with E-state index >= 15 is 0 Å². The number of amides is 3. The fourth-order valence-corrected chi connectivity index (χ4v) is 3.13. The molecule has 1 aliphatic heterocycles. The molecule has 1 saturated heterocycles. The Labute approximate surface area is 161 Å². The average molecular weight is 390 g/mol. The normalized spacial score (nSPS) is 18.2. The Hall–Kier alpha value is -2.49. The van der Waals surface area contributed by atoms with Crippen LogP contribution in [0.25, 0.3) is 0 Å². The Morgan fingerprint density at radius 2 is 1.81 bits per heavy atom. The van der Waals surface area contributed by atoms with E-state index in [-0.39, 0.29) is 5.01 Å². The molecule has 1 aromatic heterocycles. The zero-order valence-electron chi connectivity index (χ0n) is 15.5. The van der Waals surface area contributed by atoms with Gasteiger partial charge in [-0.25, -0.2) is 9.78 Å². The SMILES string of the molecule is CC1(C)OC(c2cccc(NC(=O)Nc3cnc(C(N)=O)s3)c2)OC1(C)C. The molecule has 2 heterocycles. The van der Waals surface area contributed by atoms with Crippen LogP contribution < -0.4 is 16.4 Å². The van der Waals surface area contributed by atoms with Gasteiger partial charge in [0.2, 0.25) is 0 Å². The van der Waals surface area contributed by atoms with E-state index < -0.39 is 29.4 Å². The van der Waals surface area contributed by atoms with Gasteiger partial charge in [-0.2, -0.15) is 0 Å². The van der Waals surface area contributed by atoms with E-state index in [1.54, 1.807) is 12.1 Å². The van der Waals surface area contributed by atoms with E-state index in [1.165, 1.54) is 6.20 Å². The van der Waals surface area contributed by atoms with Crippen molar-refractivity contribution in [2.75, 3.05) is 10.6 Å². The molecule has 9 heteroatoms. The number of primary amides is 1. The number of carbonyl (C=O) groups excluding carboxylic acids is 2. The van der Waals surface area contributed by atoms with Crippen molar-refractivity contribution in [3.8, 4) is 0 Å². The van der Waals surface area contributed by atoms with Gasteiger partial charge in [-0.15, -0.1) is 0 Å². The molecule has 0 unspecified atom stereocenters. The first-order valence-corrected chi connectivity index (χ1v) is 9.18. The van der Waals surface area contributed by atoms with Crippen LogP contribution in [0.2, 0.25) is 0 Å². The standard InChI is InChI=1S/C18H22N4O4S/c1-17(2)18(3,4)26-15(25-17)10-6-5-7-11(8-10)21-16(24)22-12-9-20-14(27-12)13(19)23/h5-9,15H,1-4H3,(H2,19,23)(H2,21,22,24). The number of urea groups is 1. The Kier molecular flexibility index (Phi) is 4.94. The monoisotopic (exact) mass is 390 g/mol. The van der Waals surface area contributed by atoms with Gasteiger partial charge >= 0.3 is 6.03 Å². The van der Waals surface area contributed by atoms with E-state index in [9.17, 15) is 9.59 Å². The molecule has 0 saturated carbocycles. The molecule has 27 heavy (non-hydrogen) atoms. The zero-order valence-corrected chi connectivity index (χ0v) is 16.3. The maximum absolute atomic E-state index is 12.2. The molecular weight excluding hydrogens is 368 g/mol. The number of hydrogen-bond donors (Lipinski definition) is 3. The van der Waals surface area contributed by atoms with Gasteiger partial charge in [0.05, 0.1) is 17.4 Å². The summed E-state index contributed by atoms with van der Waals surface area (Å²) >= 11 is 1.01. The number of ether oxygens (including phenoxy) is 2. The summed E-state index contributed by atoms with van der Waals surface area (Å²) in [4.78, 5) is 27.1. The molecule has 0 aliphatic carbocycles. The fourth-order valence-electron chi connectivity index (χ4n) is 2.46. The van der Waals surface area contributed by atoms with Gasteiger partial charge in [-0.1, -0.05) is 23.5 Å². The molecule has 3 amide bonds. The summed E-state index contributed by atoms with van der Waals surface area (Å²) in [7, 11) is 0. The summed E-state index contributed by atoms with van der Waals surface area (Å²) in [5, 5.41) is 5.90. The third-order valence-electron chi connectivity index (χ3n) is 4.62. The molecule has 1 aliphatic rings. The lowest BCUT2D eigenvalue weighted by Crippen LogP contribution is -2.41. The molecule has 144 valence electrons. The highest BCUT2D eigenvalue weighted by Crippen LogP contribution is 2.44. The Morgan fingerprint density at radius 3 is 2.41 bits per heavy atom. The summed E-state index contributed by atoms with van der Waals surface area (Å²) in [6.45, 7) is 7.94. The first-order valence-electron chi connectivity index (χ1n) is 8.37. The molecule has 0 spiro atoms. The minimum absolute atomic E-state index is 0.132. The Bertz CT molecular complexity index is 862. The third-order valence-corrected chi connectivity index (χ3v) is 5.55. The van der Waals surface area contributed by atoms with Crippen LogP contribution in [0.5, 0.6) is 0 Å². The Morgan fingerprint density at radius 1 is 1.15 bits per heavy atom. The molecular formula is C18H22N4O4S. The van der Waals surface area contributed by atoms with Crippen LogP contribution in [-0.4, -0.2) is 28.1 Å². The summed E-state index contributed by atoms with van der Waals surface area (Å²) in [6, 6.07) is 6.79. The number of hydrogen-bond acceptors (Lipinski definition) is 6. The third kappa shape index (κ3) is 4.10. The molecule has 4 N–H and O–H groups in total. The summed E-state index contributed by atoms with van der Waals surface area (Å²) in [6.07, 6.45) is 0.866. The summed E-state index contributed by atoms with van der Waals surface area (Å²) in [5.41, 5.74) is 5.66. The number of nitrogens with zero attached hydrogens (tertiary/aromatic N) is 1. The van der Waals surface area contributed by atoms with E-state index in [0.29, 0.717) is 10.7 Å². The lowest BCUT2D eigenvalue weighted by Gasteiger charge is -2.30. The van der Waals surface area contributed by atoms with Crippen molar-refractivity contribution >= 4 is 34.0 Å². The first-order chi connectivity index (χ1) is 12.6. The van der Waals surface area contributed by atoms with Crippen LogP contribution in [0.3, 0.4) is 0 Å². The molecule has 0 radical (unpaired) electrons. The quantitative estimate of drug-likeness (QED) is 0.739. The molecule has 1 aromatic carbocycles. The lowest BCUT2D eigenvalue weighted by atomic mass is 9.90. The van der Waals surface area contributed by atoms with Crippen LogP contribution in [0.1, 0.15) is 49.4 Å². The maximum Gasteiger partial charge on any atom is 0.324 e. The zero-order chi connectivity index (χ0) is 19.8. The van der Waals surface area contributed by atoms with Crippen LogP contribution in [0.4, 0.5) is 15.5 Å². The topological polar surface area (TPSA) is 116 Å². The van der Waals surface area contributed by atoms with Crippen molar-refractivity contribution in [2.45, 2.75) is 45.2 Å². The second-order valence-corrected chi connectivity index (χ2v) is 8.22. The maximum atomic E-state index is 12.2. The molecule has 0 bridgehead atoms.